The van der Waals surface area contributed by atoms with Gasteiger partial charge in [-0.3, -0.25) is 14.9 Å². The summed E-state index contributed by atoms with van der Waals surface area (Å²) in [5.41, 5.74) is 6.90. The predicted octanol–water partition coefficient (Wildman–Crippen LogP) is 4.31. The van der Waals surface area contributed by atoms with Crippen LogP contribution in [0.2, 0.25) is 0 Å². The van der Waals surface area contributed by atoms with E-state index in [0.717, 1.165) is 18.4 Å². The molecule has 0 aliphatic heterocycles. The lowest BCUT2D eigenvalue weighted by Crippen LogP contribution is -2.44. The van der Waals surface area contributed by atoms with Crippen molar-refractivity contribution in [3.05, 3.63) is 64.1 Å². The van der Waals surface area contributed by atoms with Gasteiger partial charge in [0.1, 0.15) is 5.75 Å². The fraction of sp³-hybridized carbons (Fsp3) is 0.375. The van der Waals surface area contributed by atoms with Crippen LogP contribution in [0.4, 0.5) is 0 Å². The molecule has 0 aliphatic rings. The molecule has 2 aromatic carbocycles. The zero-order valence-electron chi connectivity index (χ0n) is 18.5. The number of carbonyl (C=O) groups excluding carboxylic acids is 2. The van der Waals surface area contributed by atoms with Crippen LogP contribution in [0.5, 0.6) is 5.75 Å². The van der Waals surface area contributed by atoms with Gasteiger partial charge in [0, 0.05) is 25.1 Å². The highest BCUT2D eigenvalue weighted by molar-refractivity contribution is 9.10. The first-order valence-corrected chi connectivity index (χ1v) is 11.8. The molecule has 6 nitrogen and oxygen atoms in total. The van der Waals surface area contributed by atoms with E-state index in [1.807, 2.05) is 30.3 Å². The van der Waals surface area contributed by atoms with E-state index < -0.39 is 5.91 Å². The van der Waals surface area contributed by atoms with E-state index in [4.69, 9.17) is 22.7 Å². The number of ether oxygens (including phenoxy) is 1. The van der Waals surface area contributed by atoms with E-state index in [9.17, 15) is 9.59 Å². The number of hydrogen-bond acceptors (Lipinski definition) is 4. The quantitative estimate of drug-likeness (QED) is 0.432. The molecule has 0 aliphatic carbocycles. The molecule has 172 valence electrons. The average molecular weight is 520 g/mol. The maximum atomic E-state index is 12.8. The van der Waals surface area contributed by atoms with Crippen molar-refractivity contribution in [2.45, 2.75) is 33.1 Å². The van der Waals surface area contributed by atoms with E-state index in [2.05, 4.69) is 35.1 Å². The van der Waals surface area contributed by atoms with E-state index in [1.165, 1.54) is 0 Å². The van der Waals surface area contributed by atoms with E-state index in [0.29, 0.717) is 41.4 Å². The first-order chi connectivity index (χ1) is 15.3. The van der Waals surface area contributed by atoms with Crippen molar-refractivity contribution in [1.82, 2.24) is 10.2 Å². The topological polar surface area (TPSA) is 84.7 Å². The largest absolute Gasteiger partial charge is 0.492 e. The van der Waals surface area contributed by atoms with E-state index in [1.54, 1.807) is 23.1 Å². The summed E-state index contributed by atoms with van der Waals surface area (Å²) in [6.45, 7) is 5.79. The number of benzene rings is 2. The number of halogens is 1. The van der Waals surface area contributed by atoms with Gasteiger partial charge in [0.25, 0.3) is 5.91 Å². The van der Waals surface area contributed by atoms with Gasteiger partial charge in [-0.1, -0.05) is 44.2 Å². The monoisotopic (exact) mass is 519 g/mol. The molecule has 32 heavy (non-hydrogen) atoms. The van der Waals surface area contributed by atoms with Crippen LogP contribution in [-0.2, 0) is 11.2 Å². The fourth-order valence-electron chi connectivity index (χ4n) is 2.88. The predicted molar refractivity (Wildman–Crippen MR) is 135 cm³/mol. The first kappa shape index (κ1) is 25.8. The van der Waals surface area contributed by atoms with Crippen LogP contribution >= 0.6 is 28.1 Å². The molecule has 0 saturated heterocycles. The third kappa shape index (κ3) is 8.96. The van der Waals surface area contributed by atoms with Crippen LogP contribution in [-0.4, -0.2) is 41.5 Å². The van der Waals surface area contributed by atoms with Gasteiger partial charge in [0.15, 0.2) is 5.11 Å². The Kier molecular flexibility index (Phi) is 10.6. The van der Waals surface area contributed by atoms with Crippen LogP contribution in [0.25, 0.3) is 0 Å². The maximum absolute atomic E-state index is 12.8. The molecule has 0 unspecified atom stereocenters. The summed E-state index contributed by atoms with van der Waals surface area (Å²) in [7, 11) is 0. The maximum Gasteiger partial charge on any atom is 0.257 e. The summed E-state index contributed by atoms with van der Waals surface area (Å²) < 4.78 is 6.48. The lowest BCUT2D eigenvalue weighted by atomic mass is 10.1. The molecule has 0 aromatic heterocycles. The summed E-state index contributed by atoms with van der Waals surface area (Å²) in [5.74, 6) is 0.504. The van der Waals surface area contributed by atoms with Crippen molar-refractivity contribution < 1.29 is 14.3 Å². The van der Waals surface area contributed by atoms with Crippen LogP contribution < -0.4 is 15.8 Å². The lowest BCUT2D eigenvalue weighted by Gasteiger charge is -2.25. The third-order valence-corrected chi connectivity index (χ3v) is 5.78. The van der Waals surface area contributed by atoms with Crippen LogP contribution in [0.1, 0.15) is 42.6 Å². The van der Waals surface area contributed by atoms with Gasteiger partial charge in [0.05, 0.1) is 11.1 Å². The number of nitrogens with two attached hydrogens (primary N) is 1. The zero-order valence-corrected chi connectivity index (χ0v) is 20.9. The van der Waals surface area contributed by atoms with Crippen molar-refractivity contribution in [2.24, 2.45) is 11.7 Å². The van der Waals surface area contributed by atoms with Crippen molar-refractivity contribution in [3.63, 3.8) is 0 Å². The number of rotatable bonds is 11. The number of nitrogens with zero attached hydrogens (tertiary/aromatic N) is 1. The Morgan fingerprint density at radius 2 is 1.88 bits per heavy atom. The van der Waals surface area contributed by atoms with Crippen molar-refractivity contribution in [2.75, 3.05) is 19.7 Å². The third-order valence-electron chi connectivity index (χ3n) is 4.80. The summed E-state index contributed by atoms with van der Waals surface area (Å²) >= 11 is 8.93. The van der Waals surface area contributed by atoms with Gasteiger partial charge in [-0.05, 0) is 70.7 Å². The molecular weight excluding hydrogens is 490 g/mol. The number of hydrogen-bond donors (Lipinski definition) is 2. The number of primary amides is 1. The molecule has 2 rings (SSSR count). The number of nitrogens with one attached hydrogen (secondary N) is 1. The molecule has 0 saturated carbocycles. The Bertz CT molecular complexity index is 922. The highest BCUT2D eigenvalue weighted by Gasteiger charge is 2.16. The van der Waals surface area contributed by atoms with Crippen LogP contribution in [0.15, 0.2) is 53.0 Å². The fourth-order valence-corrected chi connectivity index (χ4v) is 3.65. The molecule has 0 fully saturated rings. The number of amides is 2. The van der Waals surface area contributed by atoms with Gasteiger partial charge in [-0.25, -0.2) is 0 Å². The number of carbonyl (C=O) groups is 2. The molecule has 2 aromatic rings. The van der Waals surface area contributed by atoms with Crippen molar-refractivity contribution in [1.29, 1.82) is 0 Å². The van der Waals surface area contributed by atoms with Crippen molar-refractivity contribution >= 4 is 45.1 Å². The Morgan fingerprint density at radius 3 is 2.50 bits per heavy atom. The van der Waals surface area contributed by atoms with Gasteiger partial charge in [-0.15, -0.1) is 0 Å². The average Bonchev–Trinajstić information content (AvgIpc) is 2.75. The Morgan fingerprint density at radius 1 is 1.16 bits per heavy atom. The number of thiocarbonyl (C=S) groups is 1. The molecule has 8 heteroatoms. The standard InChI is InChI=1S/C24H30BrN3O3S/c1-17(2)12-15-31-21-9-8-19(16-20(21)25)23(30)27-24(32)28(14-11-22(26)29)13-10-18-6-4-3-5-7-18/h3-9,16-17H,10-15H2,1-2H3,(H2,26,29)(H,27,30,32). The van der Waals surface area contributed by atoms with E-state index >= 15 is 0 Å². The lowest BCUT2D eigenvalue weighted by molar-refractivity contribution is -0.118. The second-order valence-electron chi connectivity index (χ2n) is 7.87. The summed E-state index contributed by atoms with van der Waals surface area (Å²) in [5, 5.41) is 3.03. The normalized spacial score (nSPS) is 10.6. The molecule has 0 atom stereocenters. The van der Waals surface area contributed by atoms with Crippen LogP contribution in [0, 0.1) is 5.92 Å². The van der Waals surface area contributed by atoms with Gasteiger partial charge >= 0.3 is 0 Å². The highest BCUT2D eigenvalue weighted by Crippen LogP contribution is 2.26. The molecular formula is C24H30BrN3O3S. The van der Waals surface area contributed by atoms with E-state index in [-0.39, 0.29) is 17.4 Å². The molecule has 0 spiro atoms. The summed E-state index contributed by atoms with van der Waals surface area (Å²) in [6.07, 6.45) is 1.83. The zero-order chi connectivity index (χ0) is 23.5. The van der Waals surface area contributed by atoms with Gasteiger partial charge in [0.2, 0.25) is 5.91 Å². The van der Waals surface area contributed by atoms with Gasteiger partial charge < -0.3 is 15.4 Å². The minimum Gasteiger partial charge on any atom is -0.492 e. The molecule has 3 N–H and O–H groups in total. The summed E-state index contributed by atoms with van der Waals surface area (Å²) in [4.78, 5) is 25.8. The Hall–Kier alpha value is -2.45. The minimum atomic E-state index is -0.416. The summed E-state index contributed by atoms with van der Waals surface area (Å²) in [6, 6.07) is 15.1. The smallest absolute Gasteiger partial charge is 0.257 e. The van der Waals surface area contributed by atoms with Gasteiger partial charge in [-0.2, -0.15) is 0 Å². The second kappa shape index (κ2) is 13.2. The second-order valence-corrected chi connectivity index (χ2v) is 9.12. The minimum absolute atomic E-state index is 0.152. The van der Waals surface area contributed by atoms with Crippen LogP contribution in [0.3, 0.4) is 0 Å². The van der Waals surface area contributed by atoms with Crippen molar-refractivity contribution in [3.8, 4) is 5.75 Å². The molecule has 0 bridgehead atoms. The SMILES string of the molecule is CC(C)CCOc1ccc(C(=O)NC(=S)N(CCC(N)=O)CCc2ccccc2)cc1Br. The molecule has 0 heterocycles. The molecule has 0 radical (unpaired) electrons. The highest BCUT2D eigenvalue weighted by atomic mass is 79.9. The Labute approximate surface area is 203 Å². The Balaban J connectivity index is 1.99. The first-order valence-electron chi connectivity index (χ1n) is 10.6. The molecule has 2 amide bonds.